The van der Waals surface area contributed by atoms with Gasteiger partial charge in [0.05, 0.1) is 0 Å². The normalized spacial score (nSPS) is 9.67. The van der Waals surface area contributed by atoms with Crippen LogP contribution in [0.25, 0.3) is 0 Å². The first kappa shape index (κ1) is 10.2. The van der Waals surface area contributed by atoms with Gasteiger partial charge in [0, 0.05) is 38.0 Å². The molecule has 0 heterocycles. The van der Waals surface area contributed by atoms with Crippen molar-refractivity contribution in [2.24, 2.45) is 0 Å². The van der Waals surface area contributed by atoms with Crippen LogP contribution in [0.15, 0.2) is 0 Å². The van der Waals surface area contributed by atoms with E-state index in [2.05, 4.69) is 10.7 Å². The summed E-state index contributed by atoms with van der Waals surface area (Å²) in [6.45, 7) is 0. The molecule has 0 saturated carbocycles. The predicted molar refractivity (Wildman–Crippen MR) is 23.2 cm³/mol. The zero-order valence-corrected chi connectivity index (χ0v) is 8.01. The van der Waals surface area contributed by atoms with Crippen LogP contribution < -0.4 is 0 Å². The number of rotatable bonds is 0. The van der Waals surface area contributed by atoms with Gasteiger partial charge in [-0.2, -0.15) is 8.42 Å². The number of hydrogen-bond acceptors (Lipinski definition) is 2. The summed E-state index contributed by atoms with van der Waals surface area (Å²) in [5.74, 6) is 0. The number of hydrogen-bond donors (Lipinski definition) is 1. The Bertz CT molecular complexity index is 94.0. The molecule has 36 valence electrons. The molecule has 0 aromatic carbocycles. The Morgan fingerprint density at radius 3 is 1.50 bits per heavy atom. The number of halogens is 1. The van der Waals surface area contributed by atoms with E-state index in [0.29, 0.717) is 0 Å². The third kappa shape index (κ3) is 69.1. The monoisotopic (exact) mass is 324 g/mol. The first-order chi connectivity index (χ1) is 2.00. The van der Waals surface area contributed by atoms with Crippen molar-refractivity contribution in [1.29, 1.82) is 0 Å². The minimum Gasteiger partial charge on any atom is -0.273 e. The molecule has 0 saturated heterocycles. The summed E-state index contributed by atoms with van der Waals surface area (Å²) in [4.78, 5) is 0. The van der Waals surface area contributed by atoms with Gasteiger partial charge in [0.1, 0.15) is 0 Å². The molecule has 0 aromatic heterocycles. The summed E-state index contributed by atoms with van der Waals surface area (Å²) in [6.07, 6.45) is 0. The Hall–Kier alpha value is 1.12. The largest absolute Gasteiger partial charge is 0.353 e. The van der Waals surface area contributed by atoms with Crippen LogP contribution in [-0.4, -0.2) is 40.3 Å². The Kier molecular flexibility index (Phi) is 5.37. The molecule has 0 rings (SSSR count). The molecule has 0 amide bonds. The smallest absolute Gasteiger partial charge is 0.273 e. The van der Waals surface area contributed by atoms with Crippen LogP contribution in [0.1, 0.15) is 0 Å². The predicted octanol–water partition coefficient (Wildman–Crippen LogP) is -0.353. The maximum Gasteiger partial charge on any atom is 0.353 e. The average Bonchev–Trinajstić information content (AvgIpc) is 0.722. The van der Waals surface area contributed by atoms with Crippen LogP contribution in [0.4, 0.5) is 0 Å². The van der Waals surface area contributed by atoms with Gasteiger partial charge in [0.15, 0.2) is 0 Å². The first-order valence-corrected chi connectivity index (χ1v) is 2.94. The molecule has 0 atom stereocenters. The zero-order valence-electron chi connectivity index (χ0n) is 2.55. The van der Waals surface area contributed by atoms with Crippen molar-refractivity contribution in [1.82, 2.24) is 0 Å². The van der Waals surface area contributed by atoms with E-state index < -0.39 is 9.33 Å². The molecule has 3 nitrogen and oxygen atoms in total. The molecule has 0 aliphatic rings. The summed E-state index contributed by atoms with van der Waals surface area (Å²) in [5.41, 5.74) is 0. The van der Waals surface area contributed by atoms with E-state index in [4.69, 9.17) is 13.0 Å². The molecule has 0 spiro atoms. The molecular weight excluding hydrogens is 323 g/mol. The molecule has 0 aromatic rings. The van der Waals surface area contributed by atoms with Gasteiger partial charge in [0.2, 0.25) is 0 Å². The second kappa shape index (κ2) is 3.17. The zero-order chi connectivity index (χ0) is 4.50. The fourth-order valence-corrected chi connectivity index (χ4v) is 0. The van der Waals surface area contributed by atoms with E-state index in [1.54, 1.807) is 0 Å². The first-order valence-electron chi connectivity index (χ1n) is 0.670. The van der Waals surface area contributed by atoms with Gasteiger partial charge >= 0.3 is 9.33 Å². The van der Waals surface area contributed by atoms with Crippen LogP contribution >= 0.6 is 10.7 Å². The van der Waals surface area contributed by atoms with E-state index in [0.717, 1.165) is 0 Å². The van der Waals surface area contributed by atoms with Gasteiger partial charge in [-0.25, -0.2) is 0 Å². The van der Waals surface area contributed by atoms with Crippen LogP contribution in [0.5, 0.6) is 0 Å². The quantitative estimate of drug-likeness (QED) is 0.376. The molecule has 0 unspecified atom stereocenters. The van der Waals surface area contributed by atoms with E-state index in [9.17, 15) is 0 Å². The minimum atomic E-state index is -4.19. The standard InChI is InChI=1S/ClHO3S.Pb/c1-5(2,3)4;/h(H,2,3,4);. The van der Waals surface area contributed by atoms with E-state index in [1.807, 2.05) is 0 Å². The van der Waals surface area contributed by atoms with Gasteiger partial charge in [-0.3, -0.25) is 4.55 Å². The Morgan fingerprint density at radius 1 is 1.50 bits per heavy atom. The molecule has 0 bridgehead atoms. The van der Waals surface area contributed by atoms with Gasteiger partial charge in [0.25, 0.3) is 0 Å². The fraction of sp³-hybridized carbons (Fsp3) is 0. The molecule has 0 aliphatic heterocycles. The van der Waals surface area contributed by atoms with E-state index >= 15 is 0 Å². The summed E-state index contributed by atoms with van der Waals surface area (Å²) >= 11 is 0. The van der Waals surface area contributed by atoms with Crippen molar-refractivity contribution in [3.63, 3.8) is 0 Å². The molecule has 0 fully saturated rings. The molecule has 6 heteroatoms. The second-order valence-electron chi connectivity index (χ2n) is 0.412. The van der Waals surface area contributed by atoms with Crippen molar-refractivity contribution in [2.45, 2.75) is 0 Å². The van der Waals surface area contributed by atoms with Gasteiger partial charge in [-0.1, -0.05) is 0 Å². The second-order valence-corrected chi connectivity index (χ2v) is 2.41. The third-order valence-corrected chi connectivity index (χ3v) is 0. The van der Waals surface area contributed by atoms with Gasteiger partial charge in [-0.05, 0) is 0 Å². The summed E-state index contributed by atoms with van der Waals surface area (Å²) in [6, 6.07) is 0. The summed E-state index contributed by atoms with van der Waals surface area (Å²) < 4.78 is 25.2. The van der Waals surface area contributed by atoms with E-state index in [-0.39, 0.29) is 27.3 Å². The Labute approximate surface area is 60.1 Å². The topological polar surface area (TPSA) is 54.4 Å². The van der Waals surface area contributed by atoms with Crippen molar-refractivity contribution in [3.05, 3.63) is 0 Å². The third-order valence-electron chi connectivity index (χ3n) is 0. The fourth-order valence-electron chi connectivity index (χ4n) is 0. The SMILES string of the molecule is O=S(=O)(O)Cl.[Pb]. The summed E-state index contributed by atoms with van der Waals surface area (Å²) in [5, 5.41) is 0. The minimum absolute atomic E-state index is 0. The Balaban J connectivity index is 0. The van der Waals surface area contributed by atoms with Crippen molar-refractivity contribution in [3.8, 4) is 0 Å². The molecular formula is HClO3PbS. The average molecular weight is 324 g/mol. The summed E-state index contributed by atoms with van der Waals surface area (Å²) in [7, 11) is -0.137. The van der Waals surface area contributed by atoms with Crippen LogP contribution in [0.2, 0.25) is 0 Å². The maximum atomic E-state index is 8.95. The van der Waals surface area contributed by atoms with E-state index in [1.165, 1.54) is 0 Å². The van der Waals surface area contributed by atoms with Gasteiger partial charge < -0.3 is 0 Å². The van der Waals surface area contributed by atoms with Crippen molar-refractivity contribution in [2.75, 3.05) is 0 Å². The molecule has 0 aliphatic carbocycles. The van der Waals surface area contributed by atoms with Crippen molar-refractivity contribution < 1.29 is 13.0 Å². The van der Waals surface area contributed by atoms with Crippen LogP contribution in [0.3, 0.4) is 0 Å². The van der Waals surface area contributed by atoms with Crippen LogP contribution in [0, 0.1) is 0 Å². The Morgan fingerprint density at radius 2 is 1.50 bits per heavy atom. The maximum absolute atomic E-state index is 8.95. The van der Waals surface area contributed by atoms with Gasteiger partial charge in [-0.15, -0.1) is 0 Å². The molecule has 6 heavy (non-hydrogen) atoms. The molecule has 4 radical (unpaired) electrons. The van der Waals surface area contributed by atoms with Crippen molar-refractivity contribution >= 4 is 47.3 Å². The molecule has 1 N–H and O–H groups in total. The van der Waals surface area contributed by atoms with Crippen LogP contribution in [-0.2, 0) is 9.33 Å².